The van der Waals surface area contributed by atoms with Crippen molar-refractivity contribution in [1.82, 2.24) is 4.98 Å². The largest absolute Gasteiger partial charge is 0.461 e. The van der Waals surface area contributed by atoms with E-state index in [2.05, 4.69) is 20.8 Å². The van der Waals surface area contributed by atoms with Gasteiger partial charge in [-0.2, -0.15) is 0 Å². The first-order valence-electron chi connectivity index (χ1n) is 11.2. The molecule has 5 nitrogen and oxygen atoms in total. The molecule has 2 fully saturated rings. The number of pyridine rings is 1. The molecular formula is C24H37BrN2O3. The number of hydrogen-bond acceptors (Lipinski definition) is 5. The average molecular weight is 481 g/mol. The summed E-state index contributed by atoms with van der Waals surface area (Å²) in [5.74, 6) is -0.350. The fourth-order valence-electron chi connectivity index (χ4n) is 4.98. The van der Waals surface area contributed by atoms with Crippen LogP contribution in [0.2, 0.25) is 0 Å². The Morgan fingerprint density at radius 2 is 1.77 bits per heavy atom. The molecule has 1 aromatic rings. The van der Waals surface area contributed by atoms with Gasteiger partial charge in [-0.25, -0.2) is 4.79 Å². The summed E-state index contributed by atoms with van der Waals surface area (Å²) in [6.45, 7) is 15.7. The highest BCUT2D eigenvalue weighted by atomic mass is 79.9. The molecule has 6 heteroatoms. The van der Waals surface area contributed by atoms with Gasteiger partial charge < -0.3 is 14.4 Å². The van der Waals surface area contributed by atoms with Gasteiger partial charge in [0.2, 0.25) is 0 Å². The topological polar surface area (TPSA) is 51.7 Å². The van der Waals surface area contributed by atoms with E-state index >= 15 is 0 Å². The summed E-state index contributed by atoms with van der Waals surface area (Å²) in [5, 5.41) is 0. The van der Waals surface area contributed by atoms with Crippen LogP contribution in [0.3, 0.4) is 0 Å². The van der Waals surface area contributed by atoms with Crippen molar-refractivity contribution < 1.29 is 14.3 Å². The van der Waals surface area contributed by atoms with Gasteiger partial charge in [-0.15, -0.1) is 0 Å². The lowest BCUT2D eigenvalue weighted by Crippen LogP contribution is -2.33. The van der Waals surface area contributed by atoms with Gasteiger partial charge >= 0.3 is 5.97 Å². The van der Waals surface area contributed by atoms with E-state index in [1.807, 2.05) is 48.5 Å². The Bertz CT molecular complexity index is 795. The Morgan fingerprint density at radius 3 is 2.33 bits per heavy atom. The number of carbonyl (C=O) groups is 1. The summed E-state index contributed by atoms with van der Waals surface area (Å²) in [5.41, 5.74) is 3.57. The van der Waals surface area contributed by atoms with E-state index in [9.17, 15) is 4.79 Å². The highest BCUT2D eigenvalue weighted by Gasteiger charge is 2.43. The molecule has 168 valence electrons. The second-order valence-electron chi connectivity index (χ2n) is 10.3. The Kier molecular flexibility index (Phi) is 6.88. The highest BCUT2D eigenvalue weighted by molar-refractivity contribution is 9.10. The molecule has 0 aromatic carbocycles. The minimum absolute atomic E-state index is 0.206. The summed E-state index contributed by atoms with van der Waals surface area (Å²) < 4.78 is 12.9. The van der Waals surface area contributed by atoms with Crippen LogP contribution in [-0.2, 0) is 14.3 Å². The van der Waals surface area contributed by atoms with Gasteiger partial charge in [0, 0.05) is 24.3 Å². The molecule has 0 unspecified atom stereocenters. The maximum atomic E-state index is 13.2. The Hall–Kier alpha value is -1.14. The van der Waals surface area contributed by atoms with Crippen molar-refractivity contribution in [2.75, 3.05) is 18.0 Å². The van der Waals surface area contributed by atoms with E-state index in [0.29, 0.717) is 5.41 Å². The highest BCUT2D eigenvalue weighted by Crippen LogP contribution is 2.49. The molecule has 1 spiro atoms. The van der Waals surface area contributed by atoms with E-state index in [4.69, 9.17) is 14.5 Å². The zero-order valence-corrected chi connectivity index (χ0v) is 21.2. The van der Waals surface area contributed by atoms with Crippen molar-refractivity contribution >= 4 is 27.6 Å². The monoisotopic (exact) mass is 480 g/mol. The van der Waals surface area contributed by atoms with Crippen molar-refractivity contribution in [2.45, 2.75) is 98.4 Å². The maximum absolute atomic E-state index is 13.2. The van der Waals surface area contributed by atoms with E-state index < -0.39 is 11.7 Å². The number of esters is 1. The summed E-state index contributed by atoms with van der Waals surface area (Å²) >= 11 is 3.81. The van der Waals surface area contributed by atoms with Crippen molar-refractivity contribution in [3.8, 4) is 0 Å². The van der Waals surface area contributed by atoms with Crippen LogP contribution in [0.5, 0.6) is 0 Å². The average Bonchev–Trinajstić information content (AvgIpc) is 3.24. The summed E-state index contributed by atoms with van der Waals surface area (Å²) in [6.07, 6.45) is 5.45. The first-order chi connectivity index (χ1) is 13.9. The van der Waals surface area contributed by atoms with Crippen molar-refractivity contribution in [3.05, 3.63) is 21.4 Å². The maximum Gasteiger partial charge on any atom is 0.340 e. The Balaban J connectivity index is 2.09. The number of halogens is 1. The predicted octanol–water partition coefficient (Wildman–Crippen LogP) is 6.04. The number of carbonyl (C=O) groups excluding carboxylic acids is 1. The van der Waals surface area contributed by atoms with Crippen molar-refractivity contribution in [2.24, 2.45) is 5.41 Å². The minimum Gasteiger partial charge on any atom is -0.461 e. The number of aryl methyl sites for hydroxylation is 2. The molecule has 1 saturated heterocycles. The van der Waals surface area contributed by atoms with Gasteiger partial charge in [-0.05, 0) is 89.1 Å². The number of rotatable bonds is 5. The molecule has 1 aliphatic carbocycles. The Labute approximate surface area is 190 Å². The van der Waals surface area contributed by atoms with Crippen LogP contribution < -0.4 is 4.90 Å². The number of anilines is 1. The predicted molar refractivity (Wildman–Crippen MR) is 124 cm³/mol. The van der Waals surface area contributed by atoms with Crippen LogP contribution in [-0.4, -0.2) is 35.7 Å². The quantitative estimate of drug-likeness (QED) is 0.480. The van der Waals surface area contributed by atoms with Crippen molar-refractivity contribution in [3.63, 3.8) is 0 Å². The zero-order chi connectivity index (χ0) is 22.3. The van der Waals surface area contributed by atoms with Crippen LogP contribution >= 0.6 is 15.9 Å². The molecule has 30 heavy (non-hydrogen) atoms. The molecule has 2 aliphatic rings. The fourth-order valence-corrected chi connectivity index (χ4v) is 5.53. The lowest BCUT2D eigenvalue weighted by molar-refractivity contribution is -0.171. The summed E-state index contributed by atoms with van der Waals surface area (Å²) in [7, 11) is 0. The SMILES string of the molecule is Cc1nc(C)c([C@H](OC(C)(C)C)C(=O)OC(C)C)c(N2CCC3(CCCC3)C2)c1Br. The zero-order valence-electron chi connectivity index (χ0n) is 19.6. The third-order valence-electron chi connectivity index (χ3n) is 6.22. The first-order valence-corrected chi connectivity index (χ1v) is 12.0. The van der Waals surface area contributed by atoms with Gasteiger partial charge in [0.15, 0.2) is 6.10 Å². The van der Waals surface area contributed by atoms with Gasteiger partial charge in [-0.1, -0.05) is 12.8 Å². The molecule has 0 bridgehead atoms. The normalized spacial score (nSPS) is 19.7. The van der Waals surface area contributed by atoms with Crippen molar-refractivity contribution in [1.29, 1.82) is 0 Å². The molecule has 2 heterocycles. The molecule has 1 aromatic heterocycles. The molecule has 0 amide bonds. The molecule has 3 rings (SSSR count). The smallest absolute Gasteiger partial charge is 0.340 e. The molecule has 0 radical (unpaired) electrons. The fraction of sp³-hybridized carbons (Fsp3) is 0.750. The summed E-state index contributed by atoms with van der Waals surface area (Å²) in [6, 6.07) is 0. The van der Waals surface area contributed by atoms with Crippen LogP contribution in [0.1, 0.15) is 89.8 Å². The van der Waals surface area contributed by atoms with Gasteiger partial charge in [0.1, 0.15) is 0 Å². The third-order valence-corrected chi connectivity index (χ3v) is 7.17. The molecular weight excluding hydrogens is 444 g/mol. The number of hydrogen-bond donors (Lipinski definition) is 0. The van der Waals surface area contributed by atoms with Crippen LogP contribution in [0, 0.1) is 19.3 Å². The molecule has 0 N–H and O–H groups in total. The minimum atomic E-state index is -0.813. The number of aromatic nitrogens is 1. The van der Waals surface area contributed by atoms with Crippen LogP contribution in [0.4, 0.5) is 5.69 Å². The Morgan fingerprint density at radius 1 is 1.13 bits per heavy atom. The first kappa shape index (κ1) is 23.5. The lowest BCUT2D eigenvalue weighted by Gasteiger charge is -2.33. The molecule has 1 atom stereocenters. The standard InChI is InChI=1S/C24H37BrN2O3/c1-15(2)29-22(28)21(30-23(5,6)7)18-16(3)26-17(4)19(25)20(18)27-13-12-24(14-27)10-8-9-11-24/h15,21H,8-14H2,1-7H3/t21-/m0/s1. The third kappa shape index (κ3) is 5.01. The van der Waals surface area contributed by atoms with Crippen LogP contribution in [0.15, 0.2) is 4.47 Å². The van der Waals surface area contributed by atoms with E-state index in [-0.39, 0.29) is 12.1 Å². The second-order valence-corrected chi connectivity index (χ2v) is 11.1. The van der Waals surface area contributed by atoms with E-state index in [0.717, 1.165) is 40.2 Å². The number of ether oxygens (including phenoxy) is 2. The van der Waals surface area contributed by atoms with E-state index in [1.54, 1.807) is 0 Å². The number of nitrogens with zero attached hydrogens (tertiary/aromatic N) is 2. The summed E-state index contributed by atoms with van der Waals surface area (Å²) in [4.78, 5) is 20.4. The molecule has 1 aliphatic heterocycles. The van der Waals surface area contributed by atoms with Gasteiger partial charge in [-0.3, -0.25) is 4.98 Å². The van der Waals surface area contributed by atoms with Gasteiger partial charge in [0.05, 0.1) is 27.6 Å². The van der Waals surface area contributed by atoms with E-state index in [1.165, 1.54) is 32.1 Å². The second kappa shape index (κ2) is 8.78. The lowest BCUT2D eigenvalue weighted by atomic mass is 9.86. The van der Waals surface area contributed by atoms with Gasteiger partial charge in [0.25, 0.3) is 0 Å². The molecule has 1 saturated carbocycles. The van der Waals surface area contributed by atoms with Crippen LogP contribution in [0.25, 0.3) is 0 Å².